The Balaban J connectivity index is 1.15. The first-order valence-electron chi connectivity index (χ1n) is 14.9. The van der Waals surface area contributed by atoms with Gasteiger partial charge in [0.05, 0.1) is 12.1 Å². The molecule has 0 saturated carbocycles. The van der Waals surface area contributed by atoms with E-state index < -0.39 is 17.1 Å². The first kappa shape index (κ1) is 32.2. The smallest absolute Gasteiger partial charge is 0.272 e. The first-order chi connectivity index (χ1) is 23.4. The molecule has 1 atom stereocenters. The Labute approximate surface area is 285 Å². The number of hydrogen-bond donors (Lipinski definition) is 3. The lowest BCUT2D eigenvalue weighted by molar-refractivity contribution is -0.119. The minimum atomic E-state index is -0.649. The van der Waals surface area contributed by atoms with Gasteiger partial charge in [0.15, 0.2) is 0 Å². The highest BCUT2D eigenvalue weighted by Gasteiger charge is 2.29. The van der Waals surface area contributed by atoms with Crippen LogP contribution in [-0.2, 0) is 14.4 Å². The Morgan fingerprint density at radius 3 is 2.12 bits per heavy atom. The van der Waals surface area contributed by atoms with Crippen LogP contribution in [0.4, 0.5) is 11.4 Å². The van der Waals surface area contributed by atoms with Gasteiger partial charge in [-0.3, -0.25) is 19.2 Å². The van der Waals surface area contributed by atoms with Crippen molar-refractivity contribution in [2.45, 2.75) is 16.6 Å². The molecule has 1 aliphatic heterocycles. The van der Waals surface area contributed by atoms with E-state index in [1.807, 2.05) is 84.2 Å². The predicted molar refractivity (Wildman–Crippen MR) is 190 cm³/mol. The molecule has 0 radical (unpaired) electrons. The molecule has 0 aliphatic carbocycles. The maximum Gasteiger partial charge on any atom is 0.272 e. The summed E-state index contributed by atoms with van der Waals surface area (Å²) in [6.07, 6.45) is 1.62. The molecule has 6 rings (SSSR count). The van der Waals surface area contributed by atoms with Crippen LogP contribution in [0.3, 0.4) is 0 Å². The monoisotopic (exact) mass is 671 g/mol. The zero-order valence-electron chi connectivity index (χ0n) is 25.4. The van der Waals surface area contributed by atoms with Crippen LogP contribution >= 0.6 is 23.1 Å². The van der Waals surface area contributed by atoms with Gasteiger partial charge in [-0.1, -0.05) is 72.8 Å². The summed E-state index contributed by atoms with van der Waals surface area (Å²) in [5, 5.41) is 15.3. The summed E-state index contributed by atoms with van der Waals surface area (Å²) in [7, 11) is 0. The van der Waals surface area contributed by atoms with Gasteiger partial charge in [0.25, 0.3) is 17.7 Å². The molecule has 4 amide bonds. The van der Waals surface area contributed by atoms with Crippen LogP contribution in [0.25, 0.3) is 6.08 Å². The van der Waals surface area contributed by atoms with E-state index in [1.165, 1.54) is 28.1 Å². The Bertz CT molecular complexity index is 1970. The molecule has 48 heavy (non-hydrogen) atoms. The van der Waals surface area contributed by atoms with Crippen LogP contribution in [-0.4, -0.2) is 29.5 Å². The van der Waals surface area contributed by atoms with Crippen molar-refractivity contribution in [3.05, 3.63) is 154 Å². The highest BCUT2D eigenvalue weighted by atomic mass is 32.2. The standard InChI is InChI=1S/C37H29N5O4S2/c43-33-24-32(41-42(33)28-15-8-3-9-16-28)40-37(46)34(25-11-4-1-5-12-25)48-29-20-18-27(19-21-29)38-36(45)31(23-30-17-10-22-47-30)39-35(44)26-13-6-2-7-14-26/h1-23,34H,24H2,(H,38,45)(H,39,44)(H,40,41,46)/b31-23-. The van der Waals surface area contributed by atoms with Crippen molar-refractivity contribution in [1.82, 2.24) is 10.6 Å². The zero-order chi connectivity index (χ0) is 33.3. The lowest BCUT2D eigenvalue weighted by Crippen LogP contribution is -2.33. The molecule has 2 heterocycles. The van der Waals surface area contributed by atoms with Gasteiger partial charge in [-0.25, -0.2) is 0 Å². The summed E-state index contributed by atoms with van der Waals surface area (Å²) in [4.78, 5) is 54.1. The van der Waals surface area contributed by atoms with Crippen molar-refractivity contribution < 1.29 is 19.2 Å². The van der Waals surface area contributed by atoms with E-state index in [9.17, 15) is 19.2 Å². The average Bonchev–Trinajstić information content (AvgIpc) is 3.77. The normalized spacial score (nSPS) is 13.4. The van der Waals surface area contributed by atoms with Gasteiger partial charge in [0.1, 0.15) is 16.8 Å². The van der Waals surface area contributed by atoms with E-state index >= 15 is 0 Å². The third-order valence-corrected chi connectivity index (χ3v) is 9.19. The fourth-order valence-electron chi connectivity index (χ4n) is 4.79. The number of para-hydroxylation sites is 1. The van der Waals surface area contributed by atoms with E-state index in [0.29, 0.717) is 16.9 Å². The summed E-state index contributed by atoms with van der Waals surface area (Å²) < 4.78 is 0. The number of thioether (sulfide) groups is 1. The highest BCUT2D eigenvalue weighted by Crippen LogP contribution is 2.36. The zero-order valence-corrected chi connectivity index (χ0v) is 27.0. The molecule has 1 unspecified atom stereocenters. The number of amides is 4. The van der Waals surface area contributed by atoms with Gasteiger partial charge < -0.3 is 16.0 Å². The molecule has 0 bridgehead atoms. The van der Waals surface area contributed by atoms with Gasteiger partial charge in [-0.05, 0) is 71.6 Å². The Morgan fingerprint density at radius 1 is 0.792 bits per heavy atom. The van der Waals surface area contributed by atoms with Gasteiger partial charge in [-0.15, -0.1) is 23.1 Å². The second-order valence-electron chi connectivity index (χ2n) is 10.5. The summed E-state index contributed by atoms with van der Waals surface area (Å²) in [6.45, 7) is 0. The van der Waals surface area contributed by atoms with Crippen LogP contribution in [0.5, 0.6) is 0 Å². The fourth-order valence-corrected chi connectivity index (χ4v) is 6.47. The number of carbonyl (C=O) groups is 4. The maximum absolute atomic E-state index is 13.6. The molecule has 1 aliphatic rings. The number of nitrogens with one attached hydrogen (secondary N) is 3. The largest absolute Gasteiger partial charge is 0.321 e. The predicted octanol–water partition coefficient (Wildman–Crippen LogP) is 6.86. The number of hydrogen-bond acceptors (Lipinski definition) is 7. The quantitative estimate of drug-likeness (QED) is 0.111. The Kier molecular flexibility index (Phi) is 10.2. The van der Waals surface area contributed by atoms with E-state index in [2.05, 4.69) is 21.1 Å². The molecular weight excluding hydrogens is 643 g/mol. The van der Waals surface area contributed by atoms with Crippen LogP contribution in [0.15, 0.2) is 148 Å². The fraction of sp³-hybridized carbons (Fsp3) is 0.0541. The Morgan fingerprint density at radius 2 is 1.46 bits per heavy atom. The molecule has 9 nitrogen and oxygen atoms in total. The Hall–Kier alpha value is -5.78. The number of nitrogens with zero attached hydrogens (tertiary/aromatic N) is 2. The SMILES string of the molecule is O=C(Nc1ccc(SC(C(=O)NC2=NN(c3ccccc3)C(=O)C2)c2ccccc2)cc1)/C(=C/c1cccs1)NC(=O)c1ccccc1. The lowest BCUT2D eigenvalue weighted by atomic mass is 10.1. The van der Waals surface area contributed by atoms with Gasteiger partial charge in [0.2, 0.25) is 5.91 Å². The average molecular weight is 672 g/mol. The van der Waals surface area contributed by atoms with Crippen molar-refractivity contribution in [3.63, 3.8) is 0 Å². The summed E-state index contributed by atoms with van der Waals surface area (Å²) in [5.41, 5.74) is 2.45. The molecular formula is C37H29N5O4S2. The molecule has 1 aromatic heterocycles. The van der Waals surface area contributed by atoms with Crippen molar-refractivity contribution in [2.24, 2.45) is 5.10 Å². The summed E-state index contributed by atoms with van der Waals surface area (Å²) in [6, 6.07) is 37.9. The van der Waals surface area contributed by atoms with Crippen molar-refractivity contribution in [3.8, 4) is 0 Å². The lowest BCUT2D eigenvalue weighted by Gasteiger charge is -2.17. The molecule has 0 spiro atoms. The van der Waals surface area contributed by atoms with Crippen LogP contribution in [0.1, 0.15) is 32.5 Å². The van der Waals surface area contributed by atoms with Crippen LogP contribution in [0, 0.1) is 0 Å². The molecule has 5 aromatic rings. The summed E-state index contributed by atoms with van der Waals surface area (Å²) in [5.74, 6) is -1.15. The van der Waals surface area contributed by atoms with Crippen molar-refractivity contribution in [1.29, 1.82) is 0 Å². The van der Waals surface area contributed by atoms with Crippen molar-refractivity contribution in [2.75, 3.05) is 10.3 Å². The maximum atomic E-state index is 13.6. The third kappa shape index (κ3) is 8.13. The molecule has 0 fully saturated rings. The number of carbonyl (C=O) groups excluding carboxylic acids is 4. The van der Waals surface area contributed by atoms with E-state index in [1.54, 1.807) is 54.6 Å². The molecule has 238 valence electrons. The van der Waals surface area contributed by atoms with Crippen LogP contribution in [0.2, 0.25) is 0 Å². The number of anilines is 2. The molecule has 3 N–H and O–H groups in total. The van der Waals surface area contributed by atoms with E-state index in [0.717, 1.165) is 15.3 Å². The highest BCUT2D eigenvalue weighted by molar-refractivity contribution is 8.00. The van der Waals surface area contributed by atoms with Crippen LogP contribution < -0.4 is 21.0 Å². The topological polar surface area (TPSA) is 120 Å². The first-order valence-corrected chi connectivity index (χ1v) is 16.7. The van der Waals surface area contributed by atoms with Gasteiger partial charge in [0, 0.05) is 21.0 Å². The minimum Gasteiger partial charge on any atom is -0.321 e. The third-order valence-electron chi connectivity index (χ3n) is 7.11. The minimum absolute atomic E-state index is 0.0179. The second-order valence-corrected chi connectivity index (χ2v) is 12.7. The number of hydrazone groups is 1. The molecule has 0 saturated heterocycles. The van der Waals surface area contributed by atoms with E-state index in [4.69, 9.17) is 0 Å². The van der Waals surface area contributed by atoms with Gasteiger partial charge in [-0.2, -0.15) is 10.1 Å². The van der Waals surface area contributed by atoms with E-state index in [-0.39, 0.29) is 29.8 Å². The summed E-state index contributed by atoms with van der Waals surface area (Å²) >= 11 is 2.77. The van der Waals surface area contributed by atoms with Crippen molar-refractivity contribution >= 4 is 70.0 Å². The van der Waals surface area contributed by atoms with Gasteiger partial charge >= 0.3 is 0 Å². The number of amidine groups is 1. The molecule has 11 heteroatoms. The molecule has 4 aromatic carbocycles. The second kappa shape index (κ2) is 15.2. The number of thiophene rings is 1. The number of benzene rings is 4. The number of rotatable bonds is 10.